The Labute approximate surface area is 157 Å². The van der Waals surface area contributed by atoms with Crippen LogP contribution in [-0.4, -0.2) is 42.9 Å². The van der Waals surface area contributed by atoms with Gasteiger partial charge in [-0.3, -0.25) is 4.98 Å². The third-order valence-electron chi connectivity index (χ3n) is 3.87. The highest BCUT2D eigenvalue weighted by Gasteiger charge is 2.14. The van der Waals surface area contributed by atoms with Crippen molar-refractivity contribution in [3.63, 3.8) is 0 Å². The summed E-state index contributed by atoms with van der Waals surface area (Å²) in [4.78, 5) is 12.4. The van der Waals surface area contributed by atoms with Crippen molar-refractivity contribution in [2.45, 2.75) is 13.3 Å². The van der Waals surface area contributed by atoms with E-state index < -0.39 is 13.0 Å². The molecule has 0 spiro atoms. The fraction of sp³-hybridized carbons (Fsp3) is 0.167. The van der Waals surface area contributed by atoms with Gasteiger partial charge in [0.05, 0.1) is 5.69 Å². The second-order valence-corrected chi connectivity index (χ2v) is 5.84. The van der Waals surface area contributed by atoms with Gasteiger partial charge in [-0.25, -0.2) is 18.4 Å². The number of hydrogen-bond acceptors (Lipinski definition) is 7. The summed E-state index contributed by atoms with van der Waals surface area (Å²) in [6.45, 7) is 1.24. The number of aromatic nitrogens is 6. The molecule has 0 bridgehead atoms. The Morgan fingerprint density at radius 1 is 1.21 bits per heavy atom. The lowest BCUT2D eigenvalue weighted by molar-refractivity contribution is 0.0819. The maximum absolute atomic E-state index is 12.3. The van der Waals surface area contributed by atoms with Gasteiger partial charge in [0, 0.05) is 17.8 Å². The van der Waals surface area contributed by atoms with Gasteiger partial charge in [0.15, 0.2) is 0 Å². The van der Waals surface area contributed by atoms with E-state index >= 15 is 0 Å². The first kappa shape index (κ1) is 17.7. The van der Waals surface area contributed by atoms with Crippen LogP contribution in [0.3, 0.4) is 0 Å². The van der Waals surface area contributed by atoms with Crippen molar-refractivity contribution in [2.24, 2.45) is 0 Å². The van der Waals surface area contributed by atoms with Crippen molar-refractivity contribution in [1.29, 1.82) is 0 Å². The molecule has 10 heteroatoms. The van der Waals surface area contributed by atoms with E-state index in [1.807, 2.05) is 25.1 Å². The summed E-state index contributed by atoms with van der Waals surface area (Å²) in [5.74, 6) is 0.795. The van der Waals surface area contributed by atoms with Crippen molar-refractivity contribution in [3.05, 3.63) is 54.7 Å². The van der Waals surface area contributed by atoms with E-state index in [2.05, 4.69) is 25.2 Å². The molecule has 28 heavy (non-hydrogen) atoms. The van der Waals surface area contributed by atoms with Gasteiger partial charge < -0.3 is 9.26 Å². The summed E-state index contributed by atoms with van der Waals surface area (Å²) in [5, 5.41) is 8.04. The second-order valence-electron chi connectivity index (χ2n) is 5.84. The molecule has 0 aliphatic heterocycles. The molecule has 0 aliphatic rings. The van der Waals surface area contributed by atoms with Crippen LogP contribution in [0.2, 0.25) is 0 Å². The Morgan fingerprint density at radius 3 is 2.86 bits per heavy atom. The topological polar surface area (TPSA) is 91.8 Å². The molecular weight excluding hydrogens is 370 g/mol. The van der Waals surface area contributed by atoms with Crippen molar-refractivity contribution in [2.75, 3.05) is 6.61 Å². The fourth-order valence-corrected chi connectivity index (χ4v) is 2.61. The average Bonchev–Trinajstić information content (AvgIpc) is 3.39. The number of hydrogen-bond donors (Lipinski definition) is 0. The van der Waals surface area contributed by atoms with Gasteiger partial charge in [0.2, 0.25) is 5.82 Å². The number of alkyl halides is 2. The normalized spacial score (nSPS) is 11.1. The van der Waals surface area contributed by atoms with Gasteiger partial charge in [0.25, 0.3) is 12.3 Å². The Balaban J connectivity index is 1.58. The molecule has 0 amide bonds. The summed E-state index contributed by atoms with van der Waals surface area (Å²) in [6.07, 6.45) is 1.95. The van der Waals surface area contributed by atoms with Crippen LogP contribution in [0.15, 0.2) is 53.7 Å². The number of pyridine rings is 1. The largest absolute Gasteiger partial charge is 0.488 e. The van der Waals surface area contributed by atoms with Crippen molar-refractivity contribution in [3.8, 4) is 34.4 Å². The molecule has 8 nitrogen and oxygen atoms in total. The maximum Gasteiger partial charge on any atom is 0.272 e. The molecule has 0 radical (unpaired) electrons. The summed E-state index contributed by atoms with van der Waals surface area (Å²) >= 11 is 0. The number of benzene rings is 1. The van der Waals surface area contributed by atoms with Gasteiger partial charge in [-0.05, 0) is 36.8 Å². The molecular formula is C18H14F2N6O2. The minimum atomic E-state index is -2.56. The Morgan fingerprint density at radius 2 is 2.11 bits per heavy atom. The SMILES string of the molecule is Cc1cc(-c2nc(-c3cc(OCC(F)F)ccn3)no2)ccc1-n1cncn1. The minimum absolute atomic E-state index is 0.232. The van der Waals surface area contributed by atoms with Crippen LogP contribution in [0.25, 0.3) is 28.7 Å². The van der Waals surface area contributed by atoms with Gasteiger partial charge in [-0.15, -0.1) is 0 Å². The van der Waals surface area contributed by atoms with Crippen LogP contribution in [-0.2, 0) is 0 Å². The lowest BCUT2D eigenvalue weighted by atomic mass is 10.1. The molecule has 142 valence electrons. The standard InChI is InChI=1S/C18H14F2N6O2/c1-11-6-12(2-3-15(11)26-10-21-9-23-26)18-24-17(25-28-18)14-7-13(4-5-22-14)27-8-16(19)20/h2-7,9-10,16H,8H2,1H3. The Kier molecular flexibility index (Phi) is 4.75. The molecule has 0 saturated carbocycles. The lowest BCUT2D eigenvalue weighted by Gasteiger charge is -2.06. The van der Waals surface area contributed by atoms with E-state index in [0.717, 1.165) is 16.8 Å². The Bertz CT molecular complexity index is 1080. The molecule has 0 fully saturated rings. The summed E-state index contributed by atoms with van der Waals surface area (Å²) in [5.41, 5.74) is 2.91. The average molecular weight is 384 g/mol. The van der Waals surface area contributed by atoms with E-state index in [-0.39, 0.29) is 11.6 Å². The van der Waals surface area contributed by atoms with Gasteiger partial charge >= 0.3 is 0 Å². The van der Waals surface area contributed by atoms with Crippen molar-refractivity contribution >= 4 is 0 Å². The third kappa shape index (κ3) is 3.70. The zero-order chi connectivity index (χ0) is 19.5. The number of rotatable bonds is 6. The van der Waals surface area contributed by atoms with Gasteiger partial charge in [-0.1, -0.05) is 5.16 Å². The smallest absolute Gasteiger partial charge is 0.272 e. The molecule has 4 rings (SSSR count). The second kappa shape index (κ2) is 7.51. The summed E-state index contributed by atoms with van der Waals surface area (Å²) < 4.78 is 36.6. The lowest BCUT2D eigenvalue weighted by Crippen LogP contribution is -2.07. The zero-order valence-electron chi connectivity index (χ0n) is 14.7. The Hall–Kier alpha value is -3.69. The number of ether oxygens (including phenoxy) is 1. The highest BCUT2D eigenvalue weighted by molar-refractivity contribution is 5.61. The first-order valence-corrected chi connectivity index (χ1v) is 8.27. The monoisotopic (exact) mass is 384 g/mol. The molecule has 3 heterocycles. The third-order valence-corrected chi connectivity index (χ3v) is 3.87. The number of halogens is 2. The first-order chi connectivity index (χ1) is 13.6. The van der Waals surface area contributed by atoms with Gasteiger partial charge in [0.1, 0.15) is 30.7 Å². The van der Waals surface area contributed by atoms with Crippen molar-refractivity contribution < 1.29 is 18.0 Å². The van der Waals surface area contributed by atoms with Crippen LogP contribution in [0, 0.1) is 6.92 Å². The van der Waals surface area contributed by atoms with Crippen LogP contribution in [0.1, 0.15) is 5.56 Å². The molecule has 1 aromatic carbocycles. The van der Waals surface area contributed by atoms with E-state index in [1.165, 1.54) is 24.7 Å². The molecule has 0 aliphatic carbocycles. The summed E-state index contributed by atoms with van der Waals surface area (Å²) in [6, 6.07) is 8.57. The molecule has 0 atom stereocenters. The fourth-order valence-electron chi connectivity index (χ4n) is 2.61. The van der Waals surface area contributed by atoms with Crippen LogP contribution < -0.4 is 4.74 Å². The van der Waals surface area contributed by atoms with Crippen molar-refractivity contribution in [1.82, 2.24) is 29.9 Å². The predicted molar refractivity (Wildman–Crippen MR) is 94.1 cm³/mol. The summed E-state index contributed by atoms with van der Waals surface area (Å²) in [7, 11) is 0. The highest BCUT2D eigenvalue weighted by atomic mass is 19.3. The number of nitrogens with zero attached hydrogens (tertiary/aromatic N) is 6. The van der Waals surface area contributed by atoms with E-state index in [1.54, 1.807) is 11.0 Å². The highest BCUT2D eigenvalue weighted by Crippen LogP contribution is 2.26. The molecule has 3 aromatic heterocycles. The molecule has 0 N–H and O–H groups in total. The minimum Gasteiger partial charge on any atom is -0.488 e. The zero-order valence-corrected chi connectivity index (χ0v) is 14.7. The number of aryl methyl sites for hydroxylation is 1. The molecule has 4 aromatic rings. The van der Waals surface area contributed by atoms with Crippen LogP contribution in [0.5, 0.6) is 5.75 Å². The quantitative estimate of drug-likeness (QED) is 0.503. The van der Waals surface area contributed by atoms with Gasteiger partial charge in [-0.2, -0.15) is 10.1 Å². The van der Waals surface area contributed by atoms with E-state index in [4.69, 9.17) is 9.26 Å². The predicted octanol–water partition coefficient (Wildman–Crippen LogP) is 3.33. The van der Waals surface area contributed by atoms with E-state index in [9.17, 15) is 8.78 Å². The van der Waals surface area contributed by atoms with Crippen LogP contribution in [0.4, 0.5) is 8.78 Å². The maximum atomic E-state index is 12.3. The van der Waals surface area contributed by atoms with E-state index in [0.29, 0.717) is 11.6 Å². The van der Waals surface area contributed by atoms with Crippen LogP contribution >= 0.6 is 0 Å². The molecule has 0 unspecified atom stereocenters. The first-order valence-electron chi connectivity index (χ1n) is 8.27. The molecule has 0 saturated heterocycles.